The van der Waals surface area contributed by atoms with Gasteiger partial charge in [-0.1, -0.05) is 0 Å². The van der Waals surface area contributed by atoms with Crippen molar-refractivity contribution in [1.29, 1.82) is 0 Å². The lowest BCUT2D eigenvalue weighted by Gasteiger charge is -2.36. The van der Waals surface area contributed by atoms with Crippen molar-refractivity contribution in [2.24, 2.45) is 0 Å². The summed E-state index contributed by atoms with van der Waals surface area (Å²) in [6.45, 7) is 0. The quantitative estimate of drug-likeness (QED) is 0.483. The first-order valence-corrected chi connectivity index (χ1v) is 4.33. The van der Waals surface area contributed by atoms with Gasteiger partial charge in [0.25, 0.3) is 0 Å². The van der Waals surface area contributed by atoms with Crippen LogP contribution in [0, 0.1) is 0 Å². The van der Waals surface area contributed by atoms with Gasteiger partial charge in [-0.25, -0.2) is 0 Å². The van der Waals surface area contributed by atoms with Crippen LogP contribution in [0.15, 0.2) is 0 Å². The van der Waals surface area contributed by atoms with Crippen molar-refractivity contribution in [2.45, 2.75) is 43.2 Å². The Morgan fingerprint density at radius 2 is 1.82 bits per heavy atom. The van der Waals surface area contributed by atoms with Crippen LogP contribution in [0.1, 0.15) is 12.8 Å². The highest BCUT2D eigenvalue weighted by Crippen LogP contribution is 2.47. The molecule has 5 atom stereocenters. The third-order valence-corrected chi connectivity index (χ3v) is 3.39. The molecule has 3 rings (SSSR count). The standard InChI is InChI=1S/C8H13NO2/c1-9-5-2-4(10)3-6(9)8-7(5)11-8/h4-8,10H,2-3H2,1H3/t4?,5-,6?,7+,8-/m0/s1. The highest BCUT2D eigenvalue weighted by Gasteiger charge is 2.62. The minimum absolute atomic E-state index is 0.0717. The highest BCUT2D eigenvalue weighted by atomic mass is 16.6. The van der Waals surface area contributed by atoms with Gasteiger partial charge in [0.1, 0.15) is 12.2 Å². The summed E-state index contributed by atoms with van der Waals surface area (Å²) in [5.74, 6) is 0. The first-order chi connectivity index (χ1) is 5.27. The minimum Gasteiger partial charge on any atom is -0.393 e. The first kappa shape index (κ1) is 6.40. The van der Waals surface area contributed by atoms with Gasteiger partial charge in [-0.05, 0) is 19.9 Å². The van der Waals surface area contributed by atoms with Crippen molar-refractivity contribution in [3.8, 4) is 0 Å². The van der Waals surface area contributed by atoms with E-state index in [1.165, 1.54) is 0 Å². The van der Waals surface area contributed by atoms with Crippen molar-refractivity contribution < 1.29 is 9.84 Å². The predicted molar refractivity (Wildman–Crippen MR) is 39.2 cm³/mol. The minimum atomic E-state index is -0.0717. The summed E-state index contributed by atoms with van der Waals surface area (Å²) in [5, 5.41) is 9.46. The number of epoxide rings is 1. The third-order valence-electron chi connectivity index (χ3n) is 3.39. The summed E-state index contributed by atoms with van der Waals surface area (Å²) in [4.78, 5) is 2.38. The van der Waals surface area contributed by atoms with E-state index < -0.39 is 0 Å². The maximum atomic E-state index is 9.46. The maximum Gasteiger partial charge on any atom is 0.101 e. The zero-order valence-corrected chi connectivity index (χ0v) is 6.60. The van der Waals surface area contributed by atoms with Crippen LogP contribution in [0.5, 0.6) is 0 Å². The number of nitrogens with zero attached hydrogens (tertiary/aromatic N) is 1. The largest absolute Gasteiger partial charge is 0.393 e. The summed E-state index contributed by atoms with van der Waals surface area (Å²) in [5.41, 5.74) is 0. The molecule has 0 spiro atoms. The van der Waals surface area contributed by atoms with Gasteiger partial charge in [-0.3, -0.25) is 4.90 Å². The van der Waals surface area contributed by atoms with E-state index in [-0.39, 0.29) is 6.10 Å². The molecular formula is C8H13NO2. The number of aliphatic hydroxyl groups is 1. The second-order valence-corrected chi connectivity index (χ2v) is 3.99. The molecule has 0 aromatic rings. The highest BCUT2D eigenvalue weighted by molar-refractivity contribution is 5.13. The molecular weight excluding hydrogens is 142 g/mol. The Morgan fingerprint density at radius 1 is 1.27 bits per heavy atom. The van der Waals surface area contributed by atoms with Crippen molar-refractivity contribution in [3.63, 3.8) is 0 Å². The van der Waals surface area contributed by atoms with Gasteiger partial charge in [0.15, 0.2) is 0 Å². The molecule has 3 saturated heterocycles. The van der Waals surface area contributed by atoms with Crippen LogP contribution in [0.4, 0.5) is 0 Å². The Balaban J connectivity index is 1.90. The summed E-state index contributed by atoms with van der Waals surface area (Å²) in [6.07, 6.45) is 2.67. The van der Waals surface area contributed by atoms with Gasteiger partial charge in [0.05, 0.1) is 6.10 Å². The average Bonchev–Trinajstić information content (AvgIpc) is 2.66. The van der Waals surface area contributed by atoms with Gasteiger partial charge in [0, 0.05) is 12.1 Å². The molecule has 0 aromatic carbocycles. The molecule has 3 fully saturated rings. The van der Waals surface area contributed by atoms with Crippen LogP contribution in [-0.2, 0) is 4.74 Å². The van der Waals surface area contributed by atoms with Crippen LogP contribution in [0.2, 0.25) is 0 Å². The fourth-order valence-corrected chi connectivity index (χ4v) is 2.72. The monoisotopic (exact) mass is 155 g/mol. The van der Waals surface area contributed by atoms with Crippen LogP contribution in [0.3, 0.4) is 0 Å². The Hall–Kier alpha value is -0.120. The molecule has 3 aliphatic rings. The third kappa shape index (κ3) is 0.687. The lowest BCUT2D eigenvalue weighted by atomic mass is 10.00. The summed E-state index contributed by atoms with van der Waals surface area (Å²) >= 11 is 0. The maximum absolute atomic E-state index is 9.46. The summed E-state index contributed by atoms with van der Waals surface area (Å²) < 4.78 is 5.49. The number of ether oxygens (including phenoxy) is 1. The number of hydrogen-bond donors (Lipinski definition) is 1. The van der Waals surface area contributed by atoms with Gasteiger partial charge < -0.3 is 9.84 Å². The Labute approximate surface area is 65.9 Å². The van der Waals surface area contributed by atoms with Gasteiger partial charge in [0.2, 0.25) is 0 Å². The van der Waals surface area contributed by atoms with Crippen LogP contribution >= 0.6 is 0 Å². The van der Waals surface area contributed by atoms with E-state index in [1.807, 2.05) is 0 Å². The number of hydrogen-bond acceptors (Lipinski definition) is 3. The van der Waals surface area contributed by atoms with Crippen molar-refractivity contribution in [2.75, 3.05) is 7.05 Å². The zero-order chi connectivity index (χ0) is 7.59. The van der Waals surface area contributed by atoms with E-state index in [2.05, 4.69) is 11.9 Å². The smallest absolute Gasteiger partial charge is 0.101 e. The molecule has 3 aliphatic heterocycles. The fourth-order valence-electron chi connectivity index (χ4n) is 2.72. The molecule has 0 amide bonds. The van der Waals surface area contributed by atoms with Crippen molar-refractivity contribution >= 4 is 0 Å². The summed E-state index contributed by atoms with van der Waals surface area (Å²) in [7, 11) is 2.15. The molecule has 2 bridgehead atoms. The number of piperidine rings is 1. The molecule has 0 aromatic heterocycles. The van der Waals surface area contributed by atoms with Gasteiger partial charge in [-0.15, -0.1) is 0 Å². The Kier molecular flexibility index (Phi) is 1.04. The van der Waals surface area contributed by atoms with E-state index in [1.54, 1.807) is 0 Å². The number of morpholine rings is 1. The van der Waals surface area contributed by atoms with Crippen LogP contribution in [-0.4, -0.2) is 47.4 Å². The van der Waals surface area contributed by atoms with E-state index in [4.69, 9.17) is 4.74 Å². The number of aliphatic hydroxyl groups excluding tert-OH is 1. The number of rotatable bonds is 0. The zero-order valence-electron chi connectivity index (χ0n) is 6.60. The fraction of sp³-hybridized carbons (Fsp3) is 1.00. The van der Waals surface area contributed by atoms with Crippen LogP contribution < -0.4 is 0 Å². The topological polar surface area (TPSA) is 36.0 Å². The summed E-state index contributed by atoms with van der Waals surface area (Å²) in [6, 6.07) is 1.02. The average molecular weight is 155 g/mol. The van der Waals surface area contributed by atoms with Gasteiger partial charge >= 0.3 is 0 Å². The molecule has 1 N–H and O–H groups in total. The van der Waals surface area contributed by atoms with E-state index in [0.717, 1.165) is 12.8 Å². The molecule has 0 aliphatic carbocycles. The molecule has 11 heavy (non-hydrogen) atoms. The predicted octanol–water partition coefficient (Wildman–Crippen LogP) is -0.409. The Morgan fingerprint density at radius 3 is 2.36 bits per heavy atom. The lowest BCUT2D eigenvalue weighted by Crippen LogP contribution is -2.46. The normalized spacial score (nSPS) is 61.1. The number of likely N-dealkylation sites (N-methyl/N-ethyl adjacent to an activating group) is 1. The SMILES string of the molecule is CN1C2CC(O)C[C@H]1[C@H]1O[C@@H]21. The van der Waals surface area contributed by atoms with Crippen molar-refractivity contribution in [1.82, 2.24) is 4.90 Å². The first-order valence-electron chi connectivity index (χ1n) is 4.33. The van der Waals surface area contributed by atoms with Crippen LogP contribution in [0.25, 0.3) is 0 Å². The Bertz CT molecular complexity index is 179. The van der Waals surface area contributed by atoms with Crippen molar-refractivity contribution in [3.05, 3.63) is 0 Å². The van der Waals surface area contributed by atoms with E-state index in [9.17, 15) is 5.11 Å². The second kappa shape index (κ2) is 1.79. The second-order valence-electron chi connectivity index (χ2n) is 3.99. The molecule has 3 heterocycles. The molecule has 0 saturated carbocycles. The molecule has 2 unspecified atom stereocenters. The van der Waals surface area contributed by atoms with E-state index >= 15 is 0 Å². The molecule has 3 nitrogen and oxygen atoms in total. The lowest BCUT2D eigenvalue weighted by molar-refractivity contribution is 0.00149. The van der Waals surface area contributed by atoms with Gasteiger partial charge in [-0.2, -0.15) is 0 Å². The number of fused-ring (bicyclic) bond motifs is 5. The molecule has 0 radical (unpaired) electrons. The molecule has 62 valence electrons. The van der Waals surface area contributed by atoms with E-state index in [0.29, 0.717) is 24.3 Å². The molecule has 3 heteroatoms.